The van der Waals surface area contributed by atoms with Crippen LogP contribution in [0.4, 0.5) is 11.4 Å². The second-order valence-electron chi connectivity index (χ2n) is 3.64. The van der Waals surface area contributed by atoms with E-state index in [1.54, 1.807) is 18.2 Å². The van der Waals surface area contributed by atoms with Crippen LogP contribution in [0.2, 0.25) is 5.02 Å². The van der Waals surface area contributed by atoms with Crippen molar-refractivity contribution in [1.82, 2.24) is 10.4 Å². The minimum absolute atomic E-state index is 0.386. The fraction of sp³-hybridized carbons (Fsp3) is 0. The van der Waals surface area contributed by atoms with Gasteiger partial charge in [-0.2, -0.15) is 0 Å². The summed E-state index contributed by atoms with van der Waals surface area (Å²) in [6.45, 7) is 0. The fourth-order valence-electron chi connectivity index (χ4n) is 1.51. The lowest BCUT2D eigenvalue weighted by Gasteiger charge is -2.11. The number of amides is 1. The molecule has 1 aromatic heterocycles. The number of carbonyl (C=O) groups excluding carboxylic acids is 1. The van der Waals surface area contributed by atoms with Crippen LogP contribution in [0.15, 0.2) is 41.1 Å². The lowest BCUT2D eigenvalue weighted by Crippen LogP contribution is -2.30. The second-order valence-corrected chi connectivity index (χ2v) is 4.97. The number of nitrogens with one attached hydrogen (secondary N) is 2. The molecule has 0 aliphatic carbocycles. The van der Waals surface area contributed by atoms with Gasteiger partial charge in [0.1, 0.15) is 0 Å². The molecule has 0 unspecified atom stereocenters. The molecule has 0 spiro atoms. The van der Waals surface area contributed by atoms with Crippen molar-refractivity contribution >= 4 is 44.8 Å². The van der Waals surface area contributed by atoms with Crippen molar-refractivity contribution in [3.05, 3.63) is 51.7 Å². The molecule has 1 aromatic carbocycles. The van der Waals surface area contributed by atoms with Crippen LogP contribution in [0.1, 0.15) is 10.4 Å². The number of rotatable bonds is 3. The second kappa shape index (κ2) is 6.01. The Labute approximate surface area is 123 Å². The summed E-state index contributed by atoms with van der Waals surface area (Å²) in [5, 5.41) is 3.58. The van der Waals surface area contributed by atoms with Gasteiger partial charge < -0.3 is 5.32 Å². The Bertz CT molecular complexity index is 620. The molecule has 0 fully saturated rings. The van der Waals surface area contributed by atoms with Crippen LogP contribution in [0.3, 0.4) is 0 Å². The molecule has 1 heterocycles. The minimum atomic E-state index is -0.405. The molecule has 2 aromatic rings. The smallest absolute Gasteiger partial charge is 0.267 e. The maximum Gasteiger partial charge on any atom is 0.267 e. The monoisotopic (exact) mass is 340 g/mol. The highest BCUT2D eigenvalue weighted by Crippen LogP contribution is 2.29. The van der Waals surface area contributed by atoms with Gasteiger partial charge in [-0.25, -0.2) is 5.84 Å². The molecule has 1 amide bonds. The summed E-state index contributed by atoms with van der Waals surface area (Å²) in [6.07, 6.45) is 3.04. The van der Waals surface area contributed by atoms with Gasteiger partial charge in [-0.1, -0.05) is 27.5 Å². The quantitative estimate of drug-likeness (QED) is 0.455. The first-order valence-corrected chi connectivity index (χ1v) is 6.46. The number of anilines is 2. The average Bonchev–Trinajstić information content (AvgIpc) is 2.41. The first kappa shape index (κ1) is 13.8. The molecule has 5 nitrogen and oxygen atoms in total. The van der Waals surface area contributed by atoms with Crippen LogP contribution in [-0.4, -0.2) is 10.9 Å². The summed E-state index contributed by atoms with van der Waals surface area (Å²) in [7, 11) is 0. The van der Waals surface area contributed by atoms with Crippen molar-refractivity contribution in [2.75, 3.05) is 5.32 Å². The average molecular weight is 342 g/mol. The number of hydrogen-bond donors (Lipinski definition) is 3. The Hall–Kier alpha value is -1.63. The van der Waals surface area contributed by atoms with Crippen LogP contribution in [0, 0.1) is 0 Å². The van der Waals surface area contributed by atoms with E-state index in [4.69, 9.17) is 17.4 Å². The number of nitrogens with two attached hydrogens (primary N) is 1. The lowest BCUT2D eigenvalue weighted by atomic mass is 10.2. The maximum absolute atomic E-state index is 11.6. The van der Waals surface area contributed by atoms with E-state index in [1.807, 2.05) is 6.07 Å². The summed E-state index contributed by atoms with van der Waals surface area (Å²) in [5.41, 5.74) is 3.66. The van der Waals surface area contributed by atoms with E-state index >= 15 is 0 Å². The molecule has 19 heavy (non-hydrogen) atoms. The first-order valence-electron chi connectivity index (χ1n) is 5.29. The van der Waals surface area contributed by atoms with E-state index in [9.17, 15) is 4.79 Å². The number of hydrogen-bond acceptors (Lipinski definition) is 4. The number of nitrogens with zero attached hydrogens (tertiary/aromatic N) is 1. The van der Waals surface area contributed by atoms with E-state index in [-0.39, 0.29) is 0 Å². The highest BCUT2D eigenvalue weighted by atomic mass is 79.9. The van der Waals surface area contributed by atoms with Crippen molar-refractivity contribution < 1.29 is 4.79 Å². The molecule has 0 aliphatic rings. The van der Waals surface area contributed by atoms with Gasteiger partial charge in [-0.3, -0.25) is 15.2 Å². The molecule has 0 saturated carbocycles. The zero-order chi connectivity index (χ0) is 13.8. The molecule has 0 atom stereocenters. The lowest BCUT2D eigenvalue weighted by molar-refractivity contribution is 0.0954. The molecule has 0 aliphatic heterocycles. The number of hydrazine groups is 1. The van der Waals surface area contributed by atoms with Gasteiger partial charge >= 0.3 is 0 Å². The predicted octanol–water partition coefficient (Wildman–Crippen LogP) is 2.84. The van der Waals surface area contributed by atoms with Gasteiger partial charge in [-0.15, -0.1) is 0 Å². The molecule has 4 N–H and O–H groups in total. The Morgan fingerprint density at radius 1 is 1.32 bits per heavy atom. The molecule has 0 bridgehead atoms. The molecule has 2 rings (SSSR count). The highest BCUT2D eigenvalue weighted by molar-refractivity contribution is 9.10. The van der Waals surface area contributed by atoms with E-state index in [0.29, 0.717) is 22.0 Å². The Kier molecular flexibility index (Phi) is 4.36. The normalized spacial score (nSPS) is 10.1. The standard InChI is InChI=1S/C12H10BrClN4O/c13-7-1-2-10(9(14)5-7)17-11-6-16-4-3-8(11)12(19)18-15/h1-6,17H,15H2,(H,18,19). The van der Waals surface area contributed by atoms with Crippen LogP contribution >= 0.6 is 27.5 Å². The predicted molar refractivity (Wildman–Crippen MR) is 78.3 cm³/mol. The summed E-state index contributed by atoms with van der Waals surface area (Å²) in [6, 6.07) is 6.96. The Morgan fingerprint density at radius 3 is 2.79 bits per heavy atom. The minimum Gasteiger partial charge on any atom is -0.352 e. The van der Waals surface area contributed by atoms with Crippen molar-refractivity contribution in [1.29, 1.82) is 0 Å². The number of pyridine rings is 1. The van der Waals surface area contributed by atoms with E-state index in [1.165, 1.54) is 12.4 Å². The van der Waals surface area contributed by atoms with Gasteiger partial charge in [0.15, 0.2) is 0 Å². The Morgan fingerprint density at radius 2 is 2.11 bits per heavy atom. The first-order chi connectivity index (χ1) is 9.11. The summed E-state index contributed by atoms with van der Waals surface area (Å²) in [5.74, 6) is 4.73. The van der Waals surface area contributed by atoms with Crippen LogP contribution in [0.25, 0.3) is 0 Å². The van der Waals surface area contributed by atoms with E-state index in [0.717, 1.165) is 4.47 Å². The fourth-order valence-corrected chi connectivity index (χ4v) is 2.23. The van der Waals surface area contributed by atoms with Crippen LogP contribution in [-0.2, 0) is 0 Å². The Balaban J connectivity index is 2.35. The number of nitrogen functional groups attached to an aromatic ring is 1. The zero-order valence-corrected chi connectivity index (χ0v) is 12.0. The third-order valence-corrected chi connectivity index (χ3v) is 3.20. The van der Waals surface area contributed by atoms with Gasteiger partial charge in [0.05, 0.1) is 28.2 Å². The molecule has 7 heteroatoms. The number of benzene rings is 1. The van der Waals surface area contributed by atoms with Gasteiger partial charge in [-0.05, 0) is 24.3 Å². The molecular formula is C12H10BrClN4O. The summed E-state index contributed by atoms with van der Waals surface area (Å²) < 4.78 is 0.870. The molecule has 98 valence electrons. The number of aromatic nitrogens is 1. The van der Waals surface area contributed by atoms with Crippen molar-refractivity contribution in [2.45, 2.75) is 0 Å². The number of halogens is 2. The van der Waals surface area contributed by atoms with Crippen molar-refractivity contribution in [3.63, 3.8) is 0 Å². The number of carbonyl (C=O) groups is 1. The van der Waals surface area contributed by atoms with E-state index in [2.05, 4.69) is 31.7 Å². The molecular weight excluding hydrogens is 332 g/mol. The van der Waals surface area contributed by atoms with Gasteiger partial charge in [0.25, 0.3) is 5.91 Å². The largest absolute Gasteiger partial charge is 0.352 e. The molecule has 0 saturated heterocycles. The molecule has 0 radical (unpaired) electrons. The van der Waals surface area contributed by atoms with Gasteiger partial charge in [0, 0.05) is 10.7 Å². The van der Waals surface area contributed by atoms with Gasteiger partial charge in [0.2, 0.25) is 0 Å². The van der Waals surface area contributed by atoms with Crippen molar-refractivity contribution in [3.8, 4) is 0 Å². The topological polar surface area (TPSA) is 80.0 Å². The summed E-state index contributed by atoms with van der Waals surface area (Å²) in [4.78, 5) is 15.6. The summed E-state index contributed by atoms with van der Waals surface area (Å²) >= 11 is 9.43. The highest BCUT2D eigenvalue weighted by Gasteiger charge is 2.11. The SMILES string of the molecule is NNC(=O)c1ccncc1Nc1ccc(Br)cc1Cl. The van der Waals surface area contributed by atoms with Crippen LogP contribution < -0.4 is 16.6 Å². The van der Waals surface area contributed by atoms with Crippen molar-refractivity contribution in [2.24, 2.45) is 5.84 Å². The third-order valence-electron chi connectivity index (χ3n) is 2.40. The van der Waals surface area contributed by atoms with Crippen LogP contribution in [0.5, 0.6) is 0 Å². The van der Waals surface area contributed by atoms with E-state index < -0.39 is 5.91 Å². The zero-order valence-electron chi connectivity index (χ0n) is 9.65. The maximum atomic E-state index is 11.6. The third kappa shape index (κ3) is 3.23.